The van der Waals surface area contributed by atoms with Crippen molar-refractivity contribution in [2.75, 3.05) is 42.6 Å². The first-order valence-corrected chi connectivity index (χ1v) is 30.6. The van der Waals surface area contributed by atoms with E-state index in [0.29, 0.717) is 75.8 Å². The lowest BCUT2D eigenvalue weighted by molar-refractivity contribution is -0.432. The summed E-state index contributed by atoms with van der Waals surface area (Å²) in [5.41, 5.74) is 2.68. The van der Waals surface area contributed by atoms with Gasteiger partial charge >= 0.3 is 0 Å². The topological polar surface area (TPSA) is 299 Å². The molecule has 3 aromatic rings. The summed E-state index contributed by atoms with van der Waals surface area (Å²) in [5.74, 6) is -1.78. The average Bonchev–Trinajstić information content (AvgIpc) is 3.84. The molecule has 3 aromatic carbocycles. The number of rotatable bonds is 19. The van der Waals surface area contributed by atoms with Crippen LogP contribution in [0.3, 0.4) is 0 Å². The van der Waals surface area contributed by atoms with E-state index in [1.807, 2.05) is 39.8 Å². The summed E-state index contributed by atoms with van der Waals surface area (Å²) < 4.78 is 146. The molecule has 1 aliphatic carbocycles. The van der Waals surface area contributed by atoms with Crippen molar-refractivity contribution >= 4 is 75.3 Å². The summed E-state index contributed by atoms with van der Waals surface area (Å²) in [6, 6.07) is 15.1. The number of aryl methyl sites for hydroxylation is 1. The third kappa shape index (κ3) is 13.6. The molecule has 1 unspecified atom stereocenters. The van der Waals surface area contributed by atoms with Gasteiger partial charge in [-0.05, 0) is 121 Å². The van der Waals surface area contributed by atoms with E-state index in [0.717, 1.165) is 10.5 Å². The van der Waals surface area contributed by atoms with Crippen molar-refractivity contribution in [3.05, 3.63) is 136 Å². The van der Waals surface area contributed by atoms with Gasteiger partial charge < -0.3 is 15.0 Å². The Morgan fingerprint density at radius 1 is 0.740 bits per heavy atom. The van der Waals surface area contributed by atoms with Gasteiger partial charge in [0.25, 0.3) is 52.3 Å². The van der Waals surface area contributed by atoms with Crippen molar-refractivity contribution < 1.29 is 75.6 Å². The highest BCUT2D eigenvalue weighted by Gasteiger charge is 2.46. The number of nitrogens with zero attached hydrogens (tertiary/aromatic N) is 3. The number of anilines is 1. The minimum absolute atomic E-state index is 0.0318. The minimum atomic E-state index is -4.64. The summed E-state index contributed by atoms with van der Waals surface area (Å²) in [4.78, 5) is 38.5. The molecule has 3 amide bonds. The Hall–Kier alpha value is -6.12. The van der Waals surface area contributed by atoms with Crippen molar-refractivity contribution in [3.8, 4) is 5.75 Å². The number of carbonyl (C=O) groups is 3. The highest BCUT2D eigenvalue weighted by molar-refractivity contribution is 7.86. The second-order valence-electron chi connectivity index (χ2n) is 21.5. The van der Waals surface area contributed by atoms with Gasteiger partial charge in [-0.3, -0.25) is 37.5 Å². The number of nitrogens with one attached hydrogen (secondary N) is 1. The number of hydrogen-bond donors (Lipinski definition) is 5. The number of benzene rings is 3. The maximum Gasteiger partial charge on any atom is 0.294 e. The molecule has 0 saturated carbocycles. The van der Waals surface area contributed by atoms with Crippen LogP contribution in [0.15, 0.2) is 130 Å². The summed E-state index contributed by atoms with van der Waals surface area (Å²) in [6.45, 7) is 13.2. The molecule has 24 heteroatoms. The van der Waals surface area contributed by atoms with Crippen LogP contribution in [0.1, 0.15) is 84.4 Å². The number of amides is 3. The summed E-state index contributed by atoms with van der Waals surface area (Å²) in [7, 11) is -18.3. The van der Waals surface area contributed by atoms with Crippen LogP contribution >= 0.6 is 0 Å². The molecule has 0 spiro atoms. The zero-order chi connectivity index (χ0) is 56.8. The molecule has 3 heterocycles. The van der Waals surface area contributed by atoms with Crippen LogP contribution in [0.2, 0.25) is 0 Å². The van der Waals surface area contributed by atoms with E-state index in [-0.39, 0.29) is 59.6 Å². The van der Waals surface area contributed by atoms with Crippen LogP contribution in [0.25, 0.3) is 0 Å². The van der Waals surface area contributed by atoms with Crippen LogP contribution in [-0.2, 0) is 72.1 Å². The Bertz CT molecular complexity index is 3570. The van der Waals surface area contributed by atoms with E-state index in [9.17, 15) is 66.3 Å². The largest absolute Gasteiger partial charge is 0.457 e. The number of allylic oxidation sites excluding steroid dienone is 7. The maximum atomic E-state index is 12.8. The molecule has 77 heavy (non-hydrogen) atoms. The normalized spacial score (nSPS) is 19.8. The van der Waals surface area contributed by atoms with Gasteiger partial charge in [-0.2, -0.15) is 38.2 Å². The van der Waals surface area contributed by atoms with Gasteiger partial charge in [-0.25, -0.2) is 0 Å². The van der Waals surface area contributed by atoms with Crippen LogP contribution in [0.5, 0.6) is 5.75 Å². The number of imide groups is 1. The molecule has 20 nitrogen and oxygen atoms in total. The number of ether oxygens (including phenoxy) is 1. The molecule has 1 atom stereocenters. The standard InChI is InChI=1S/C53H62N4O16S4/c1-51(2,3)37-30-35(11-19-45-52(4,5)41-32-39(76(67,68)69)15-17-43(41)55(45)26-28-74(61,62)63)50(73-38-13-8-34(9-14-38)10-21-47(58)54-24-25-57-48(59)22-23-49(57)60)36(31-37)12-20-46-53(6,7)42-33-40(77(70,71)72)16-18-44(42)56(46)27-29-75(64,65)66/h8-9,11-20,22-23,32-33,37H,10,21,24-31H2,1-7H3,(H4-,54,58,61,62,63,64,65,66,67,68,69,70,71,72)/p+1. The Labute approximate surface area is 449 Å². The van der Waals surface area contributed by atoms with Crippen molar-refractivity contribution in [1.29, 1.82) is 0 Å². The number of carbonyl (C=O) groups excluding carboxylic acids is 3. The van der Waals surface area contributed by atoms with Crippen LogP contribution in [0, 0.1) is 11.3 Å². The predicted octanol–water partition coefficient (Wildman–Crippen LogP) is 6.26. The first-order chi connectivity index (χ1) is 35.5. The molecule has 0 bridgehead atoms. The number of fused-ring (bicyclic) bond motifs is 2. The Morgan fingerprint density at radius 2 is 1.34 bits per heavy atom. The van der Waals surface area contributed by atoms with Crippen molar-refractivity contribution in [2.24, 2.45) is 11.3 Å². The fraction of sp³-hybridized carbons (Fsp3) is 0.396. The predicted molar refractivity (Wildman–Crippen MR) is 287 cm³/mol. The molecular formula is C53H63N4O16S4+. The van der Waals surface area contributed by atoms with Gasteiger partial charge in [0, 0.05) is 72.7 Å². The van der Waals surface area contributed by atoms with E-state index in [1.165, 1.54) is 48.6 Å². The lowest BCUT2D eigenvalue weighted by atomic mass is 9.70. The Kier molecular flexibility index (Phi) is 16.4. The Balaban J connectivity index is 1.33. The molecule has 0 fully saturated rings. The second kappa shape index (κ2) is 21.6. The first kappa shape index (κ1) is 58.6. The van der Waals surface area contributed by atoms with Gasteiger partial charge in [0.15, 0.2) is 12.3 Å². The van der Waals surface area contributed by atoms with E-state index < -0.39 is 74.6 Å². The van der Waals surface area contributed by atoms with E-state index in [1.54, 1.807) is 45.9 Å². The third-order valence-electron chi connectivity index (χ3n) is 14.4. The maximum absolute atomic E-state index is 12.8. The zero-order valence-corrected chi connectivity index (χ0v) is 46.8. The second-order valence-corrected chi connectivity index (χ2v) is 27.5. The lowest BCUT2D eigenvalue weighted by Gasteiger charge is -2.36. The van der Waals surface area contributed by atoms with Crippen molar-refractivity contribution in [1.82, 2.24) is 10.2 Å². The van der Waals surface area contributed by atoms with Crippen LogP contribution < -0.4 is 15.0 Å². The quantitative estimate of drug-likeness (QED) is 0.0503. The SMILES string of the molecule is CC1(C)C(/C=C/C2=C(Oc3ccc(CCC(=O)NCCN4C(=O)C=CC4=O)cc3)C(=C/C=C3/N(CCS(=O)(=O)O)c4ccc(S(=O)(=O)O)cc4C3(C)C)/CC(C(C)(C)C)C2)=[N+](CCS(=O)(=O)O)c2ccc(S(=O)(=O)O)cc21. The fourth-order valence-corrected chi connectivity index (χ4v) is 11.9. The van der Waals surface area contributed by atoms with Crippen molar-refractivity contribution in [3.63, 3.8) is 0 Å². The molecule has 7 rings (SSSR count). The summed E-state index contributed by atoms with van der Waals surface area (Å²) in [5, 5.41) is 2.73. The molecule has 5 N–H and O–H groups in total. The lowest BCUT2D eigenvalue weighted by Crippen LogP contribution is -2.38. The smallest absolute Gasteiger partial charge is 0.294 e. The van der Waals surface area contributed by atoms with Gasteiger partial charge in [0.2, 0.25) is 11.6 Å². The highest BCUT2D eigenvalue weighted by atomic mass is 32.2. The van der Waals surface area contributed by atoms with Gasteiger partial charge in [0.05, 0.1) is 21.0 Å². The third-order valence-corrected chi connectivity index (χ3v) is 17.5. The minimum Gasteiger partial charge on any atom is -0.457 e. The highest BCUT2D eigenvalue weighted by Crippen LogP contribution is 2.50. The zero-order valence-electron chi connectivity index (χ0n) is 43.5. The van der Waals surface area contributed by atoms with E-state index in [4.69, 9.17) is 4.74 Å². The molecule has 3 aliphatic heterocycles. The molecular weight excluding hydrogens is 1080 g/mol. The fourth-order valence-electron chi connectivity index (χ4n) is 10.1. The van der Waals surface area contributed by atoms with Crippen LogP contribution in [-0.4, -0.2) is 122 Å². The summed E-state index contributed by atoms with van der Waals surface area (Å²) >= 11 is 0. The average molecular weight is 1140 g/mol. The molecule has 0 saturated heterocycles. The van der Waals surface area contributed by atoms with Crippen LogP contribution in [0.4, 0.5) is 11.4 Å². The van der Waals surface area contributed by atoms with Crippen molar-refractivity contribution in [2.45, 2.75) is 94.8 Å². The monoisotopic (exact) mass is 1140 g/mol. The van der Waals surface area contributed by atoms with Gasteiger partial charge in [0.1, 0.15) is 17.3 Å². The molecule has 0 aromatic heterocycles. The van der Waals surface area contributed by atoms with E-state index >= 15 is 0 Å². The van der Waals surface area contributed by atoms with Gasteiger partial charge in [-0.15, -0.1) is 0 Å². The number of hydrogen-bond acceptors (Lipinski definition) is 13. The van der Waals surface area contributed by atoms with E-state index in [2.05, 4.69) is 26.1 Å². The summed E-state index contributed by atoms with van der Waals surface area (Å²) in [6.07, 6.45) is 10.9. The molecule has 414 valence electrons. The first-order valence-electron chi connectivity index (χ1n) is 24.5. The Morgan fingerprint density at radius 3 is 1.92 bits per heavy atom. The molecule has 4 aliphatic rings. The van der Waals surface area contributed by atoms with Gasteiger partial charge in [-0.1, -0.05) is 52.8 Å². The molecule has 0 radical (unpaired) electrons.